The summed E-state index contributed by atoms with van der Waals surface area (Å²) in [4.78, 5) is 11.1. The lowest BCUT2D eigenvalue weighted by Gasteiger charge is -2.30. The Bertz CT molecular complexity index is 438. The molecule has 0 bridgehead atoms. The Morgan fingerprint density at radius 2 is 1.89 bits per heavy atom. The maximum absolute atomic E-state index is 11.1. The number of hydrogen-bond acceptors (Lipinski definition) is 2. The van der Waals surface area contributed by atoms with E-state index in [0.717, 1.165) is 37.7 Å². The zero-order valence-corrected chi connectivity index (χ0v) is 13.1. The third kappa shape index (κ3) is 3.92. The number of benzene rings is 1. The van der Waals surface area contributed by atoms with Crippen LogP contribution in [0.15, 0.2) is 24.3 Å². The topological polar surface area (TPSA) is 63.3 Å². The highest BCUT2D eigenvalue weighted by Crippen LogP contribution is 2.46. The largest absolute Gasteiger partial charge is 0.481 e. The quantitative estimate of drug-likeness (QED) is 0.774. The van der Waals surface area contributed by atoms with Gasteiger partial charge in [0.25, 0.3) is 0 Å². The van der Waals surface area contributed by atoms with Gasteiger partial charge in [-0.2, -0.15) is 0 Å². The molecule has 0 saturated heterocycles. The van der Waals surface area contributed by atoms with E-state index < -0.39 is 5.97 Å². The Kier molecular flexibility index (Phi) is 4.84. The zero-order valence-electron chi connectivity index (χ0n) is 10.9. The van der Waals surface area contributed by atoms with Gasteiger partial charge < -0.3 is 10.8 Å². The summed E-state index contributed by atoms with van der Waals surface area (Å²) >= 11 is 2.27. The normalized spacial score (nSPS) is 19.3. The van der Waals surface area contributed by atoms with Gasteiger partial charge in [0.05, 0.1) is 6.42 Å². The van der Waals surface area contributed by atoms with E-state index in [2.05, 4.69) is 34.7 Å². The van der Waals surface area contributed by atoms with E-state index in [-0.39, 0.29) is 17.9 Å². The number of carbonyl (C=O) groups is 1. The van der Waals surface area contributed by atoms with Crippen LogP contribution in [0.1, 0.15) is 50.1 Å². The number of rotatable bonds is 5. The van der Waals surface area contributed by atoms with Crippen LogP contribution in [0.2, 0.25) is 0 Å². The molecule has 0 spiro atoms. The lowest BCUT2D eigenvalue weighted by molar-refractivity contribution is -0.139. The first kappa shape index (κ1) is 14.8. The second kappa shape index (κ2) is 6.22. The van der Waals surface area contributed by atoms with Gasteiger partial charge in [-0.1, -0.05) is 25.0 Å². The molecule has 1 aromatic rings. The summed E-state index contributed by atoms with van der Waals surface area (Å²) in [5.41, 5.74) is 7.31. The average molecular weight is 373 g/mol. The minimum atomic E-state index is -0.697. The van der Waals surface area contributed by atoms with E-state index >= 15 is 0 Å². The van der Waals surface area contributed by atoms with Crippen molar-refractivity contribution in [1.29, 1.82) is 0 Å². The van der Waals surface area contributed by atoms with E-state index in [0.29, 0.717) is 0 Å². The molecule has 4 heteroatoms. The minimum Gasteiger partial charge on any atom is -0.481 e. The van der Waals surface area contributed by atoms with E-state index in [1.807, 2.05) is 12.1 Å². The average Bonchev–Trinajstić information content (AvgIpc) is 2.77. The third-order valence-electron chi connectivity index (χ3n) is 4.14. The molecule has 1 fully saturated rings. The van der Waals surface area contributed by atoms with Gasteiger partial charge in [0.15, 0.2) is 0 Å². The van der Waals surface area contributed by atoms with Crippen molar-refractivity contribution in [3.63, 3.8) is 0 Å². The summed E-state index contributed by atoms with van der Waals surface area (Å²) in [5, 5.41) is 9.12. The highest BCUT2D eigenvalue weighted by Gasteiger charge is 2.37. The van der Waals surface area contributed by atoms with Crippen molar-refractivity contribution in [3.8, 4) is 0 Å². The smallest absolute Gasteiger partial charge is 0.303 e. The van der Waals surface area contributed by atoms with Crippen molar-refractivity contribution in [2.45, 2.75) is 44.6 Å². The van der Waals surface area contributed by atoms with Crippen LogP contribution in [0.25, 0.3) is 0 Å². The van der Waals surface area contributed by atoms with Crippen LogP contribution in [0.5, 0.6) is 0 Å². The fraction of sp³-hybridized carbons (Fsp3) is 0.533. The molecule has 0 heterocycles. The van der Waals surface area contributed by atoms with Crippen molar-refractivity contribution in [3.05, 3.63) is 33.4 Å². The summed E-state index contributed by atoms with van der Waals surface area (Å²) < 4.78 is 1.19. The summed E-state index contributed by atoms with van der Waals surface area (Å²) in [7, 11) is 0. The van der Waals surface area contributed by atoms with Gasteiger partial charge >= 0.3 is 5.97 Å². The Hall–Kier alpha value is -0.620. The summed E-state index contributed by atoms with van der Waals surface area (Å²) in [5.74, 6) is -0.697. The molecule has 1 atom stereocenters. The Morgan fingerprint density at radius 3 is 2.42 bits per heavy atom. The van der Waals surface area contributed by atoms with E-state index in [1.54, 1.807) is 0 Å². The highest BCUT2D eigenvalue weighted by atomic mass is 127. The van der Waals surface area contributed by atoms with Crippen LogP contribution in [-0.2, 0) is 4.79 Å². The van der Waals surface area contributed by atoms with Crippen molar-refractivity contribution < 1.29 is 9.90 Å². The summed E-state index contributed by atoms with van der Waals surface area (Å²) in [6.07, 6.45) is 5.29. The summed E-state index contributed by atoms with van der Waals surface area (Å²) in [6, 6.07) is 8.14. The number of halogens is 1. The molecule has 3 N–H and O–H groups in total. The van der Waals surface area contributed by atoms with Gasteiger partial charge in [0, 0.05) is 9.61 Å². The van der Waals surface area contributed by atoms with Crippen LogP contribution in [0.4, 0.5) is 0 Å². The minimum absolute atomic E-state index is 0.0607. The molecule has 1 aromatic carbocycles. The first-order valence-corrected chi connectivity index (χ1v) is 7.81. The number of aliphatic carboxylic acids is 1. The first-order chi connectivity index (χ1) is 9.01. The molecule has 0 aliphatic heterocycles. The van der Waals surface area contributed by atoms with Gasteiger partial charge in [-0.15, -0.1) is 0 Å². The standard InChI is InChI=1S/C15H20INO2/c16-12-5-3-11(4-6-12)13(17)9-15(10-14(18)19)7-1-2-8-15/h3-6,13H,1-2,7-10,17H2,(H,18,19). The Balaban J connectivity index is 2.08. The van der Waals surface area contributed by atoms with Gasteiger partial charge in [0.1, 0.15) is 0 Å². The lowest BCUT2D eigenvalue weighted by Crippen LogP contribution is -2.27. The number of nitrogens with two attached hydrogens (primary N) is 1. The molecular weight excluding hydrogens is 353 g/mol. The third-order valence-corrected chi connectivity index (χ3v) is 4.86. The van der Waals surface area contributed by atoms with Crippen LogP contribution in [0.3, 0.4) is 0 Å². The molecule has 1 aliphatic carbocycles. The maximum atomic E-state index is 11.1. The number of carboxylic acids is 1. The lowest BCUT2D eigenvalue weighted by atomic mass is 9.76. The van der Waals surface area contributed by atoms with Gasteiger partial charge in [-0.05, 0) is 65.0 Å². The number of carboxylic acid groups (broad SMARTS) is 1. The molecule has 1 saturated carbocycles. The van der Waals surface area contributed by atoms with Gasteiger partial charge in [-0.25, -0.2) is 0 Å². The molecule has 0 amide bonds. The highest BCUT2D eigenvalue weighted by molar-refractivity contribution is 14.1. The molecule has 1 aliphatic rings. The van der Waals surface area contributed by atoms with Crippen molar-refractivity contribution in [2.24, 2.45) is 11.1 Å². The molecule has 1 unspecified atom stereocenters. The number of hydrogen-bond donors (Lipinski definition) is 2. The maximum Gasteiger partial charge on any atom is 0.303 e. The Morgan fingerprint density at radius 1 is 1.32 bits per heavy atom. The zero-order chi connectivity index (χ0) is 13.9. The fourth-order valence-corrected chi connectivity index (χ4v) is 3.55. The first-order valence-electron chi connectivity index (χ1n) is 6.74. The molecule has 104 valence electrons. The van der Waals surface area contributed by atoms with Crippen molar-refractivity contribution in [1.82, 2.24) is 0 Å². The van der Waals surface area contributed by atoms with E-state index in [4.69, 9.17) is 10.8 Å². The summed E-state index contributed by atoms with van der Waals surface area (Å²) in [6.45, 7) is 0. The molecule has 19 heavy (non-hydrogen) atoms. The van der Waals surface area contributed by atoms with Gasteiger partial charge in [-0.3, -0.25) is 4.79 Å². The van der Waals surface area contributed by atoms with Crippen LogP contribution < -0.4 is 5.73 Å². The molecule has 0 aromatic heterocycles. The Labute approximate surface area is 127 Å². The van der Waals surface area contributed by atoms with Gasteiger partial charge in [0.2, 0.25) is 0 Å². The molecule has 3 nitrogen and oxygen atoms in total. The van der Waals surface area contributed by atoms with E-state index in [1.165, 1.54) is 3.57 Å². The molecule has 2 rings (SSSR count). The molecular formula is C15H20INO2. The van der Waals surface area contributed by atoms with E-state index in [9.17, 15) is 4.79 Å². The second-order valence-electron chi connectivity index (χ2n) is 5.64. The van der Waals surface area contributed by atoms with Crippen LogP contribution >= 0.6 is 22.6 Å². The van der Waals surface area contributed by atoms with Crippen LogP contribution in [-0.4, -0.2) is 11.1 Å². The SMILES string of the molecule is NC(CC1(CC(=O)O)CCCC1)c1ccc(I)cc1. The second-order valence-corrected chi connectivity index (χ2v) is 6.89. The van der Waals surface area contributed by atoms with Crippen LogP contribution in [0, 0.1) is 8.99 Å². The van der Waals surface area contributed by atoms with Crippen molar-refractivity contribution >= 4 is 28.6 Å². The monoisotopic (exact) mass is 373 g/mol. The predicted octanol–water partition coefficient (Wildman–Crippen LogP) is 3.72. The molecule has 0 radical (unpaired) electrons. The predicted molar refractivity (Wildman–Crippen MR) is 83.9 cm³/mol. The fourth-order valence-electron chi connectivity index (χ4n) is 3.19. The van der Waals surface area contributed by atoms with Crippen molar-refractivity contribution in [2.75, 3.05) is 0 Å².